The fourth-order valence-corrected chi connectivity index (χ4v) is 6.88. The van der Waals surface area contributed by atoms with E-state index in [1.807, 2.05) is 39.8 Å². The van der Waals surface area contributed by atoms with Crippen LogP contribution in [0.3, 0.4) is 0 Å². The van der Waals surface area contributed by atoms with Crippen LogP contribution in [0.15, 0.2) is 42.7 Å². The minimum absolute atomic E-state index is 0.113. The minimum Gasteiger partial charge on any atom is -0.344 e. The molecule has 4 heterocycles. The van der Waals surface area contributed by atoms with Crippen molar-refractivity contribution in [2.45, 2.75) is 98.8 Å². The summed E-state index contributed by atoms with van der Waals surface area (Å²) in [5.41, 5.74) is 2.63. The minimum atomic E-state index is -1.35. The fourth-order valence-electron chi connectivity index (χ4n) is 6.88. The summed E-state index contributed by atoms with van der Waals surface area (Å²) in [5, 5.41) is 8.62. The number of aromatic nitrogens is 3. The van der Waals surface area contributed by atoms with Crippen molar-refractivity contribution in [2.24, 2.45) is 11.8 Å². The Labute approximate surface area is 321 Å². The molecule has 1 aromatic carbocycles. The van der Waals surface area contributed by atoms with Crippen LogP contribution in [-0.2, 0) is 25.7 Å². The van der Waals surface area contributed by atoms with Crippen molar-refractivity contribution < 1.29 is 28.8 Å². The van der Waals surface area contributed by atoms with Crippen molar-refractivity contribution >= 4 is 58.5 Å². The van der Waals surface area contributed by atoms with Gasteiger partial charge in [-0.2, -0.15) is 4.98 Å². The maximum Gasteiger partial charge on any atom is 0.330 e. The highest BCUT2D eigenvalue weighted by Crippen LogP contribution is 2.33. The third kappa shape index (κ3) is 8.98. The van der Waals surface area contributed by atoms with Gasteiger partial charge in [0, 0.05) is 54.6 Å². The molecule has 2 aromatic heterocycles. The lowest BCUT2D eigenvalue weighted by molar-refractivity contribution is -0.143. The van der Waals surface area contributed by atoms with Gasteiger partial charge in [-0.15, -0.1) is 0 Å². The number of urea groups is 1. The number of carbonyl (C=O) groups is 6. The lowest BCUT2D eigenvalue weighted by Gasteiger charge is -2.35. The van der Waals surface area contributed by atoms with Gasteiger partial charge < -0.3 is 20.9 Å². The zero-order valence-electron chi connectivity index (χ0n) is 33.0. The van der Waals surface area contributed by atoms with E-state index >= 15 is 0 Å². The zero-order valence-corrected chi connectivity index (χ0v) is 33.0. The first-order valence-corrected chi connectivity index (χ1v) is 18.6. The van der Waals surface area contributed by atoms with Crippen LogP contribution in [0.5, 0.6) is 0 Å². The normalized spacial score (nSPS) is 16.7. The molecular weight excluding hydrogens is 702 g/mol. The Morgan fingerprint density at radius 2 is 1.73 bits per heavy atom. The van der Waals surface area contributed by atoms with E-state index in [2.05, 4.69) is 30.9 Å². The number of amides is 5. The van der Waals surface area contributed by atoms with Crippen LogP contribution >= 0.6 is 0 Å². The molecular formula is C40H51N9O6. The Kier molecular flexibility index (Phi) is 12.0. The number of benzene rings is 1. The number of hydrogen-bond acceptors (Lipinski definition) is 10. The largest absolute Gasteiger partial charge is 0.344 e. The number of Topliss-reactive ketones (excluding diaryl/α,β-unsaturated/α-hetero) is 2. The van der Waals surface area contributed by atoms with E-state index in [0.717, 1.165) is 11.3 Å². The molecule has 0 radical (unpaired) electrons. The molecule has 1 fully saturated rings. The van der Waals surface area contributed by atoms with Gasteiger partial charge in [0.25, 0.3) is 0 Å². The topological polar surface area (TPSA) is 187 Å². The van der Waals surface area contributed by atoms with Gasteiger partial charge in [0.15, 0.2) is 11.6 Å². The number of aryl methyl sites for hydroxylation is 2. The van der Waals surface area contributed by atoms with Gasteiger partial charge in [-0.3, -0.25) is 38.8 Å². The van der Waals surface area contributed by atoms with Crippen LogP contribution in [0.4, 0.5) is 27.9 Å². The summed E-state index contributed by atoms with van der Waals surface area (Å²) in [5.74, 6) is -1.87. The van der Waals surface area contributed by atoms with Gasteiger partial charge in [-0.05, 0) is 77.1 Å². The lowest BCUT2D eigenvalue weighted by atomic mass is 9.96. The molecule has 0 aliphatic carbocycles. The first kappa shape index (κ1) is 40.5. The molecule has 0 unspecified atom stereocenters. The van der Waals surface area contributed by atoms with E-state index in [4.69, 9.17) is 0 Å². The van der Waals surface area contributed by atoms with Crippen LogP contribution < -0.4 is 25.8 Å². The van der Waals surface area contributed by atoms with Gasteiger partial charge in [-0.25, -0.2) is 9.78 Å². The quantitative estimate of drug-likeness (QED) is 0.208. The molecule has 1 saturated heterocycles. The Balaban J connectivity index is 1.24. The van der Waals surface area contributed by atoms with Crippen molar-refractivity contribution in [3.8, 4) is 0 Å². The number of hydrogen-bond donors (Lipinski definition) is 3. The third-order valence-electron chi connectivity index (χ3n) is 10.1. The molecule has 3 N–H and O–H groups in total. The Hall–Kier alpha value is -5.73. The summed E-state index contributed by atoms with van der Waals surface area (Å²) in [6, 6.07) is 7.03. The number of likely N-dealkylation sites (tertiary alicyclic amines) is 1. The molecule has 292 valence electrons. The average molecular weight is 754 g/mol. The molecule has 15 nitrogen and oxygen atoms in total. The SMILES string of the molecule is CC(=O)[C@@H](NC(=O)C(C)(C)NC(=O)[C@@H]1CCCN1C(=O)[C@H](C)CC(=O)c1ccc(C)c(N2Cc3cnc(Nc4ccc(C)nc4)nc3N(C)C2=O)c1)C(C)C. The van der Waals surface area contributed by atoms with E-state index in [9.17, 15) is 28.8 Å². The molecule has 2 aliphatic rings. The summed E-state index contributed by atoms with van der Waals surface area (Å²) in [4.78, 5) is 97.6. The lowest BCUT2D eigenvalue weighted by Crippen LogP contribution is -2.61. The Morgan fingerprint density at radius 1 is 1.00 bits per heavy atom. The fraction of sp³-hybridized carbons (Fsp3) is 0.475. The second-order valence-electron chi connectivity index (χ2n) is 15.4. The highest BCUT2D eigenvalue weighted by atomic mass is 16.2. The molecule has 2 aliphatic heterocycles. The number of carbonyl (C=O) groups excluding carboxylic acids is 6. The van der Waals surface area contributed by atoms with Crippen molar-refractivity contribution in [3.63, 3.8) is 0 Å². The van der Waals surface area contributed by atoms with Crippen LogP contribution in [0.2, 0.25) is 0 Å². The van der Waals surface area contributed by atoms with Gasteiger partial charge >= 0.3 is 6.03 Å². The smallest absolute Gasteiger partial charge is 0.330 e. The molecule has 0 saturated carbocycles. The number of nitrogens with one attached hydrogen (secondary N) is 3. The molecule has 0 spiro atoms. The molecule has 3 aromatic rings. The van der Waals surface area contributed by atoms with Crippen LogP contribution in [0, 0.1) is 25.7 Å². The molecule has 0 bridgehead atoms. The van der Waals surface area contributed by atoms with Crippen LogP contribution in [-0.4, -0.2) is 86.4 Å². The summed E-state index contributed by atoms with van der Waals surface area (Å²) in [7, 11) is 1.63. The number of nitrogens with zero attached hydrogens (tertiary/aromatic N) is 6. The average Bonchev–Trinajstić information content (AvgIpc) is 3.63. The highest BCUT2D eigenvalue weighted by Gasteiger charge is 2.41. The number of fused-ring (bicyclic) bond motifs is 1. The van der Waals surface area contributed by atoms with Crippen molar-refractivity contribution in [3.05, 3.63) is 65.1 Å². The van der Waals surface area contributed by atoms with Gasteiger partial charge in [-0.1, -0.05) is 32.9 Å². The molecule has 55 heavy (non-hydrogen) atoms. The van der Waals surface area contributed by atoms with E-state index in [1.165, 1.54) is 16.7 Å². The van der Waals surface area contributed by atoms with E-state index in [1.54, 1.807) is 63.3 Å². The van der Waals surface area contributed by atoms with Crippen LogP contribution in [0.25, 0.3) is 0 Å². The molecule has 5 amide bonds. The second-order valence-corrected chi connectivity index (χ2v) is 15.4. The van der Waals surface area contributed by atoms with Crippen molar-refractivity contribution in [1.29, 1.82) is 0 Å². The molecule has 3 atom stereocenters. The van der Waals surface area contributed by atoms with Crippen molar-refractivity contribution in [2.75, 3.05) is 28.7 Å². The highest BCUT2D eigenvalue weighted by molar-refractivity contribution is 6.07. The monoisotopic (exact) mass is 753 g/mol. The van der Waals surface area contributed by atoms with Gasteiger partial charge in [0.1, 0.15) is 17.4 Å². The maximum atomic E-state index is 13.7. The molecule has 5 rings (SSSR count). The van der Waals surface area contributed by atoms with Gasteiger partial charge in [0.2, 0.25) is 23.7 Å². The maximum absolute atomic E-state index is 13.7. The van der Waals surface area contributed by atoms with E-state index in [0.29, 0.717) is 53.7 Å². The zero-order chi connectivity index (χ0) is 40.4. The number of pyridine rings is 1. The standard InChI is InChI=1S/C40H51N9O6/c1-22(2)33(26(6)50)44-37(54)40(7,8)46-35(52)30-11-10-16-48(30)36(53)24(4)17-32(51)27-14-12-23(3)31(18-27)49-21-28-19-42-38(45-34(28)47(9)39(49)55)43-29-15-13-25(5)41-20-29/h12-15,18-20,22,24,30,33H,10-11,16-17,21H2,1-9H3,(H,44,54)(H,46,52)(H,42,43,45)/t24-,30+,33+/m1/s1. The van der Waals surface area contributed by atoms with E-state index in [-0.39, 0.29) is 42.4 Å². The number of ketones is 2. The van der Waals surface area contributed by atoms with Crippen LogP contribution in [0.1, 0.15) is 88.0 Å². The predicted octanol–water partition coefficient (Wildman–Crippen LogP) is 4.63. The Bertz CT molecular complexity index is 2000. The second kappa shape index (κ2) is 16.3. The third-order valence-corrected chi connectivity index (χ3v) is 10.1. The predicted molar refractivity (Wildman–Crippen MR) is 208 cm³/mol. The van der Waals surface area contributed by atoms with Crippen molar-refractivity contribution in [1.82, 2.24) is 30.5 Å². The van der Waals surface area contributed by atoms with Gasteiger partial charge in [0.05, 0.1) is 24.5 Å². The Morgan fingerprint density at radius 3 is 2.38 bits per heavy atom. The van der Waals surface area contributed by atoms with E-state index < -0.39 is 35.4 Å². The summed E-state index contributed by atoms with van der Waals surface area (Å²) in [6.45, 7) is 14.1. The molecule has 15 heteroatoms. The summed E-state index contributed by atoms with van der Waals surface area (Å²) < 4.78 is 0. The number of anilines is 4. The first-order chi connectivity index (χ1) is 25.9. The summed E-state index contributed by atoms with van der Waals surface area (Å²) >= 11 is 0. The summed E-state index contributed by atoms with van der Waals surface area (Å²) in [6.07, 6.45) is 4.23. The first-order valence-electron chi connectivity index (χ1n) is 18.6. The number of rotatable bonds is 13.